The molecule has 2 atom stereocenters. The van der Waals surface area contributed by atoms with E-state index in [4.69, 9.17) is 0 Å². The fraction of sp³-hybridized carbons (Fsp3) is 0.929. The Kier molecular flexibility index (Phi) is 6.56. The van der Waals surface area contributed by atoms with E-state index in [1.807, 2.05) is 7.05 Å². The van der Waals surface area contributed by atoms with E-state index in [0.29, 0.717) is 11.8 Å². The molecule has 0 aromatic heterocycles. The SMILES string of the molecule is CCCCC(CC)C(=O)N1CCC(CNC)C1. The number of hydrogen-bond donors (Lipinski definition) is 1. The Morgan fingerprint density at radius 3 is 2.82 bits per heavy atom. The first-order valence-electron chi connectivity index (χ1n) is 7.16. The Labute approximate surface area is 106 Å². The van der Waals surface area contributed by atoms with Gasteiger partial charge in [-0.05, 0) is 38.8 Å². The van der Waals surface area contributed by atoms with Crippen molar-refractivity contribution in [2.75, 3.05) is 26.7 Å². The van der Waals surface area contributed by atoms with Crippen LogP contribution in [-0.4, -0.2) is 37.5 Å². The molecule has 17 heavy (non-hydrogen) atoms. The van der Waals surface area contributed by atoms with E-state index in [1.54, 1.807) is 0 Å². The summed E-state index contributed by atoms with van der Waals surface area (Å²) in [5.41, 5.74) is 0. The van der Waals surface area contributed by atoms with Crippen molar-refractivity contribution in [3.63, 3.8) is 0 Å². The molecular formula is C14H28N2O. The number of carbonyl (C=O) groups is 1. The van der Waals surface area contributed by atoms with Gasteiger partial charge in [-0.1, -0.05) is 26.7 Å². The molecule has 1 fully saturated rings. The molecule has 0 saturated carbocycles. The lowest BCUT2D eigenvalue weighted by Crippen LogP contribution is -2.35. The van der Waals surface area contributed by atoms with Gasteiger partial charge in [-0.15, -0.1) is 0 Å². The van der Waals surface area contributed by atoms with Gasteiger partial charge in [0.15, 0.2) is 0 Å². The van der Waals surface area contributed by atoms with Gasteiger partial charge in [-0.25, -0.2) is 0 Å². The molecule has 0 spiro atoms. The summed E-state index contributed by atoms with van der Waals surface area (Å²) < 4.78 is 0. The highest BCUT2D eigenvalue weighted by molar-refractivity contribution is 5.79. The normalized spacial score (nSPS) is 21.8. The van der Waals surface area contributed by atoms with Crippen LogP contribution in [0.4, 0.5) is 0 Å². The van der Waals surface area contributed by atoms with Gasteiger partial charge in [0.05, 0.1) is 0 Å². The highest BCUT2D eigenvalue weighted by atomic mass is 16.2. The summed E-state index contributed by atoms with van der Waals surface area (Å²) in [5, 5.41) is 3.21. The van der Waals surface area contributed by atoms with Gasteiger partial charge in [0.25, 0.3) is 0 Å². The molecule has 0 aromatic carbocycles. The molecule has 1 heterocycles. The fourth-order valence-electron chi connectivity index (χ4n) is 2.70. The van der Waals surface area contributed by atoms with Gasteiger partial charge >= 0.3 is 0 Å². The monoisotopic (exact) mass is 240 g/mol. The highest BCUT2D eigenvalue weighted by Crippen LogP contribution is 2.21. The zero-order valence-electron chi connectivity index (χ0n) is 11.7. The highest BCUT2D eigenvalue weighted by Gasteiger charge is 2.29. The molecule has 1 aliphatic heterocycles. The van der Waals surface area contributed by atoms with Crippen LogP contribution in [0.1, 0.15) is 46.0 Å². The summed E-state index contributed by atoms with van der Waals surface area (Å²) >= 11 is 0. The zero-order valence-corrected chi connectivity index (χ0v) is 11.7. The van der Waals surface area contributed by atoms with Crippen LogP contribution in [0, 0.1) is 11.8 Å². The summed E-state index contributed by atoms with van der Waals surface area (Å²) in [5.74, 6) is 1.33. The van der Waals surface area contributed by atoms with Gasteiger partial charge in [-0.2, -0.15) is 0 Å². The average Bonchev–Trinajstić information content (AvgIpc) is 2.79. The van der Waals surface area contributed by atoms with Crippen LogP contribution in [-0.2, 0) is 4.79 Å². The maximum absolute atomic E-state index is 12.3. The number of nitrogens with zero attached hydrogens (tertiary/aromatic N) is 1. The molecule has 2 unspecified atom stereocenters. The lowest BCUT2D eigenvalue weighted by molar-refractivity contribution is -0.135. The summed E-state index contributed by atoms with van der Waals surface area (Å²) in [6.45, 7) is 7.29. The Hall–Kier alpha value is -0.570. The molecule has 3 heteroatoms. The molecule has 3 nitrogen and oxygen atoms in total. The van der Waals surface area contributed by atoms with E-state index in [2.05, 4.69) is 24.1 Å². The first-order valence-corrected chi connectivity index (χ1v) is 7.16. The summed E-state index contributed by atoms with van der Waals surface area (Å²) in [6, 6.07) is 0. The predicted octanol–water partition coefficient (Wildman–Crippen LogP) is 2.27. The molecular weight excluding hydrogens is 212 g/mol. The zero-order chi connectivity index (χ0) is 12.7. The minimum Gasteiger partial charge on any atom is -0.342 e. The third-order valence-electron chi connectivity index (χ3n) is 3.84. The minimum absolute atomic E-state index is 0.267. The number of nitrogens with one attached hydrogen (secondary N) is 1. The maximum atomic E-state index is 12.3. The number of likely N-dealkylation sites (tertiary alicyclic amines) is 1. The summed E-state index contributed by atoms with van der Waals surface area (Å²) in [6.07, 6.45) is 5.59. The van der Waals surface area contributed by atoms with E-state index in [9.17, 15) is 4.79 Å². The van der Waals surface area contributed by atoms with Crippen LogP contribution in [0.3, 0.4) is 0 Å². The molecule has 0 aliphatic carbocycles. The second-order valence-electron chi connectivity index (χ2n) is 5.24. The molecule has 0 radical (unpaired) electrons. The van der Waals surface area contributed by atoms with E-state index >= 15 is 0 Å². The Morgan fingerprint density at radius 2 is 2.24 bits per heavy atom. The average molecular weight is 240 g/mol. The van der Waals surface area contributed by atoms with Gasteiger partial charge in [0.1, 0.15) is 0 Å². The molecule has 1 rings (SSSR count). The van der Waals surface area contributed by atoms with Crippen molar-refractivity contribution in [2.24, 2.45) is 11.8 Å². The Bertz CT molecular complexity index is 230. The maximum Gasteiger partial charge on any atom is 0.225 e. The Balaban J connectivity index is 2.40. The van der Waals surface area contributed by atoms with Crippen molar-refractivity contribution in [3.05, 3.63) is 0 Å². The van der Waals surface area contributed by atoms with E-state index < -0.39 is 0 Å². The van der Waals surface area contributed by atoms with Crippen molar-refractivity contribution in [2.45, 2.75) is 46.0 Å². The number of hydrogen-bond acceptors (Lipinski definition) is 2. The number of rotatable bonds is 7. The van der Waals surface area contributed by atoms with Crippen molar-refractivity contribution < 1.29 is 4.79 Å². The molecule has 0 aromatic rings. The summed E-state index contributed by atoms with van der Waals surface area (Å²) in [7, 11) is 1.99. The van der Waals surface area contributed by atoms with Crippen LogP contribution >= 0.6 is 0 Å². The van der Waals surface area contributed by atoms with Crippen LogP contribution in [0.15, 0.2) is 0 Å². The van der Waals surface area contributed by atoms with Crippen molar-refractivity contribution in [3.8, 4) is 0 Å². The van der Waals surface area contributed by atoms with Crippen LogP contribution in [0.25, 0.3) is 0 Å². The first-order chi connectivity index (χ1) is 8.22. The molecule has 100 valence electrons. The van der Waals surface area contributed by atoms with E-state index in [-0.39, 0.29) is 5.92 Å². The largest absolute Gasteiger partial charge is 0.342 e. The second-order valence-corrected chi connectivity index (χ2v) is 5.24. The third-order valence-corrected chi connectivity index (χ3v) is 3.84. The topological polar surface area (TPSA) is 32.3 Å². The number of unbranched alkanes of at least 4 members (excludes halogenated alkanes) is 1. The van der Waals surface area contributed by atoms with Crippen molar-refractivity contribution in [1.82, 2.24) is 10.2 Å². The van der Waals surface area contributed by atoms with Crippen LogP contribution in [0.2, 0.25) is 0 Å². The lowest BCUT2D eigenvalue weighted by Gasteiger charge is -2.22. The van der Waals surface area contributed by atoms with Crippen molar-refractivity contribution >= 4 is 5.91 Å². The predicted molar refractivity (Wildman–Crippen MR) is 71.9 cm³/mol. The van der Waals surface area contributed by atoms with Crippen LogP contribution in [0.5, 0.6) is 0 Å². The lowest BCUT2D eigenvalue weighted by atomic mass is 9.98. The first kappa shape index (κ1) is 14.5. The second kappa shape index (κ2) is 7.70. The van der Waals surface area contributed by atoms with E-state index in [0.717, 1.165) is 38.9 Å². The quantitative estimate of drug-likeness (QED) is 0.740. The fourth-order valence-corrected chi connectivity index (χ4v) is 2.70. The minimum atomic E-state index is 0.267. The summed E-state index contributed by atoms with van der Waals surface area (Å²) in [4.78, 5) is 14.4. The van der Waals surface area contributed by atoms with Gasteiger partial charge in [0.2, 0.25) is 5.91 Å². The third kappa shape index (κ3) is 4.30. The molecule has 1 amide bonds. The Morgan fingerprint density at radius 1 is 1.47 bits per heavy atom. The van der Waals surface area contributed by atoms with Gasteiger partial charge < -0.3 is 10.2 Å². The van der Waals surface area contributed by atoms with Crippen molar-refractivity contribution in [1.29, 1.82) is 0 Å². The molecule has 0 bridgehead atoms. The molecule has 1 N–H and O–H groups in total. The molecule has 1 aliphatic rings. The van der Waals surface area contributed by atoms with Gasteiger partial charge in [0, 0.05) is 19.0 Å². The standard InChI is InChI=1S/C14H28N2O/c1-4-6-7-13(5-2)14(17)16-9-8-12(11-16)10-15-3/h12-13,15H,4-11H2,1-3H3. The van der Waals surface area contributed by atoms with Gasteiger partial charge in [-0.3, -0.25) is 4.79 Å². The van der Waals surface area contributed by atoms with E-state index in [1.165, 1.54) is 12.8 Å². The van der Waals surface area contributed by atoms with Crippen LogP contribution < -0.4 is 5.32 Å². The number of carbonyl (C=O) groups excluding carboxylic acids is 1. The molecule has 1 saturated heterocycles. The smallest absolute Gasteiger partial charge is 0.225 e. The number of amides is 1.